The largest absolute Gasteiger partial charge is 0.385 e. The number of hydrogen-bond donors (Lipinski definition) is 1. The molecule has 108 valence electrons. The molecule has 0 unspecified atom stereocenters. The fourth-order valence-corrected chi connectivity index (χ4v) is 2.69. The quantitative estimate of drug-likeness (QED) is 0.602. The molecule has 4 heteroatoms. The molecular weight excluding hydrogens is 228 g/mol. The molecule has 0 heterocycles. The first-order valence-electron chi connectivity index (χ1n) is 7.16. The molecule has 1 aliphatic rings. The Labute approximate surface area is 112 Å². The molecule has 1 N–H and O–H groups in total. The minimum Gasteiger partial charge on any atom is -0.385 e. The molecule has 0 saturated heterocycles. The van der Waals surface area contributed by atoms with Gasteiger partial charge in [-0.3, -0.25) is 0 Å². The number of nitrogens with one attached hydrogen (secondary N) is 1. The van der Waals surface area contributed by atoms with Crippen LogP contribution in [0, 0.1) is 0 Å². The van der Waals surface area contributed by atoms with Crippen LogP contribution in [0.2, 0.25) is 0 Å². The van der Waals surface area contributed by atoms with Gasteiger partial charge in [0, 0.05) is 39.0 Å². The van der Waals surface area contributed by atoms with E-state index in [0.717, 1.165) is 39.3 Å². The smallest absolute Gasteiger partial charge is 0.0590 e. The molecule has 18 heavy (non-hydrogen) atoms. The van der Waals surface area contributed by atoms with Gasteiger partial charge >= 0.3 is 0 Å². The lowest BCUT2D eigenvalue weighted by Gasteiger charge is -2.36. The maximum absolute atomic E-state index is 5.54. The highest BCUT2D eigenvalue weighted by atomic mass is 16.5. The minimum absolute atomic E-state index is 0.385. The van der Waals surface area contributed by atoms with Gasteiger partial charge in [-0.2, -0.15) is 0 Å². The first-order chi connectivity index (χ1) is 8.71. The summed E-state index contributed by atoms with van der Waals surface area (Å²) in [4.78, 5) is 2.40. The SMILES string of the molecule is COCCCOCCNCC1(N(C)C)CCCC1. The van der Waals surface area contributed by atoms with Crippen molar-refractivity contribution in [1.29, 1.82) is 0 Å². The van der Waals surface area contributed by atoms with Gasteiger partial charge in [0.2, 0.25) is 0 Å². The summed E-state index contributed by atoms with van der Waals surface area (Å²) in [7, 11) is 6.13. The third-order valence-corrected chi connectivity index (χ3v) is 4.00. The van der Waals surface area contributed by atoms with Gasteiger partial charge in [-0.25, -0.2) is 0 Å². The van der Waals surface area contributed by atoms with E-state index in [4.69, 9.17) is 9.47 Å². The second-order valence-corrected chi connectivity index (χ2v) is 5.46. The van der Waals surface area contributed by atoms with Gasteiger partial charge in [-0.1, -0.05) is 12.8 Å². The van der Waals surface area contributed by atoms with Crippen LogP contribution in [-0.2, 0) is 9.47 Å². The summed E-state index contributed by atoms with van der Waals surface area (Å²) in [6.45, 7) is 4.42. The fourth-order valence-electron chi connectivity index (χ4n) is 2.69. The number of likely N-dealkylation sites (N-methyl/N-ethyl adjacent to an activating group) is 1. The predicted octanol–water partition coefficient (Wildman–Crippen LogP) is 1.50. The van der Waals surface area contributed by atoms with Crippen molar-refractivity contribution < 1.29 is 9.47 Å². The maximum Gasteiger partial charge on any atom is 0.0590 e. The number of rotatable bonds is 10. The van der Waals surface area contributed by atoms with Crippen molar-refractivity contribution in [3.63, 3.8) is 0 Å². The molecule has 0 aromatic heterocycles. The van der Waals surface area contributed by atoms with E-state index in [9.17, 15) is 0 Å². The van der Waals surface area contributed by atoms with Crippen LogP contribution in [0.5, 0.6) is 0 Å². The van der Waals surface area contributed by atoms with E-state index in [2.05, 4.69) is 24.3 Å². The number of methoxy groups -OCH3 is 1. The molecule has 0 amide bonds. The van der Waals surface area contributed by atoms with Crippen molar-refractivity contribution in [2.45, 2.75) is 37.6 Å². The molecule has 0 bridgehead atoms. The molecule has 0 spiro atoms. The highest BCUT2D eigenvalue weighted by Gasteiger charge is 2.35. The Morgan fingerprint density at radius 3 is 2.44 bits per heavy atom. The Morgan fingerprint density at radius 2 is 1.83 bits per heavy atom. The van der Waals surface area contributed by atoms with E-state index in [1.165, 1.54) is 25.7 Å². The van der Waals surface area contributed by atoms with E-state index in [1.807, 2.05) is 0 Å². The average molecular weight is 258 g/mol. The summed E-state index contributed by atoms with van der Waals surface area (Å²) >= 11 is 0. The zero-order chi connectivity index (χ0) is 13.3. The van der Waals surface area contributed by atoms with Crippen molar-refractivity contribution >= 4 is 0 Å². The van der Waals surface area contributed by atoms with Crippen molar-refractivity contribution in [2.75, 3.05) is 54.1 Å². The van der Waals surface area contributed by atoms with E-state index in [0.29, 0.717) is 5.54 Å². The summed E-state index contributed by atoms with van der Waals surface area (Å²) in [5.74, 6) is 0. The van der Waals surface area contributed by atoms with Crippen LogP contribution >= 0.6 is 0 Å². The van der Waals surface area contributed by atoms with Crippen LogP contribution in [0.25, 0.3) is 0 Å². The van der Waals surface area contributed by atoms with E-state index in [-0.39, 0.29) is 0 Å². The van der Waals surface area contributed by atoms with E-state index in [1.54, 1.807) is 7.11 Å². The molecular formula is C14H30N2O2. The maximum atomic E-state index is 5.54. The Hall–Kier alpha value is -0.160. The highest BCUT2D eigenvalue weighted by molar-refractivity contribution is 4.94. The first-order valence-corrected chi connectivity index (χ1v) is 7.16. The number of nitrogens with zero attached hydrogens (tertiary/aromatic N) is 1. The molecule has 1 rings (SSSR count). The lowest BCUT2D eigenvalue weighted by atomic mass is 9.96. The third kappa shape index (κ3) is 5.22. The Balaban J connectivity index is 2.02. The molecule has 0 aromatic carbocycles. The summed E-state index contributed by atoms with van der Waals surface area (Å²) in [6, 6.07) is 0. The normalized spacial score (nSPS) is 18.7. The first kappa shape index (κ1) is 15.9. The van der Waals surface area contributed by atoms with Gasteiger partial charge in [0.1, 0.15) is 0 Å². The lowest BCUT2D eigenvalue weighted by Crippen LogP contribution is -2.50. The zero-order valence-corrected chi connectivity index (χ0v) is 12.3. The molecule has 0 aliphatic heterocycles. The van der Waals surface area contributed by atoms with Crippen molar-refractivity contribution in [3.8, 4) is 0 Å². The molecule has 0 aromatic rings. The standard InChI is InChI=1S/C14H30N2O2/c1-16(2)14(7-4-5-8-14)13-15-9-12-18-11-6-10-17-3/h15H,4-13H2,1-3H3. The molecule has 0 radical (unpaired) electrons. The average Bonchev–Trinajstić information content (AvgIpc) is 2.83. The van der Waals surface area contributed by atoms with Gasteiger partial charge in [0.15, 0.2) is 0 Å². The van der Waals surface area contributed by atoms with Crippen molar-refractivity contribution in [2.24, 2.45) is 0 Å². The summed E-state index contributed by atoms with van der Waals surface area (Å²) in [5, 5.41) is 3.54. The molecule has 4 nitrogen and oxygen atoms in total. The van der Waals surface area contributed by atoms with E-state index >= 15 is 0 Å². The lowest BCUT2D eigenvalue weighted by molar-refractivity contribution is 0.0991. The fraction of sp³-hybridized carbons (Fsp3) is 1.00. The minimum atomic E-state index is 0.385. The second-order valence-electron chi connectivity index (χ2n) is 5.46. The number of hydrogen-bond acceptors (Lipinski definition) is 4. The summed E-state index contributed by atoms with van der Waals surface area (Å²) in [6.07, 6.45) is 6.36. The van der Waals surface area contributed by atoms with Crippen LogP contribution in [-0.4, -0.2) is 64.6 Å². The Morgan fingerprint density at radius 1 is 1.11 bits per heavy atom. The third-order valence-electron chi connectivity index (χ3n) is 4.00. The van der Waals surface area contributed by atoms with Crippen LogP contribution in [0.4, 0.5) is 0 Å². The molecule has 1 saturated carbocycles. The Kier molecular flexibility index (Phi) is 7.82. The van der Waals surface area contributed by atoms with Gasteiger partial charge < -0.3 is 19.7 Å². The topological polar surface area (TPSA) is 33.7 Å². The van der Waals surface area contributed by atoms with Crippen molar-refractivity contribution in [3.05, 3.63) is 0 Å². The zero-order valence-electron chi connectivity index (χ0n) is 12.3. The highest BCUT2D eigenvalue weighted by Crippen LogP contribution is 2.32. The number of ether oxygens (including phenoxy) is 2. The van der Waals surface area contributed by atoms with Gasteiger partial charge in [-0.15, -0.1) is 0 Å². The second kappa shape index (κ2) is 8.86. The summed E-state index contributed by atoms with van der Waals surface area (Å²) < 4.78 is 10.5. The van der Waals surface area contributed by atoms with Crippen LogP contribution < -0.4 is 5.32 Å². The van der Waals surface area contributed by atoms with Gasteiger partial charge in [0.05, 0.1) is 6.61 Å². The van der Waals surface area contributed by atoms with Gasteiger partial charge in [-0.05, 0) is 33.4 Å². The monoisotopic (exact) mass is 258 g/mol. The predicted molar refractivity (Wildman–Crippen MR) is 75.1 cm³/mol. The van der Waals surface area contributed by atoms with Crippen LogP contribution in [0.3, 0.4) is 0 Å². The van der Waals surface area contributed by atoms with E-state index < -0.39 is 0 Å². The van der Waals surface area contributed by atoms with Crippen LogP contribution in [0.15, 0.2) is 0 Å². The Bertz CT molecular complexity index is 204. The molecule has 1 aliphatic carbocycles. The van der Waals surface area contributed by atoms with Gasteiger partial charge in [0.25, 0.3) is 0 Å². The van der Waals surface area contributed by atoms with Crippen molar-refractivity contribution in [1.82, 2.24) is 10.2 Å². The molecule has 0 atom stereocenters. The summed E-state index contributed by atoms with van der Waals surface area (Å²) in [5.41, 5.74) is 0.385. The van der Waals surface area contributed by atoms with Crippen LogP contribution in [0.1, 0.15) is 32.1 Å². The molecule has 1 fully saturated rings.